The minimum absolute atomic E-state index is 0. The number of piperidine rings is 1. The summed E-state index contributed by atoms with van der Waals surface area (Å²) in [6, 6.07) is 6.79. The predicted molar refractivity (Wildman–Crippen MR) is 149 cm³/mol. The molecular weight excluding hydrogens is 589 g/mol. The largest absolute Gasteiger partial charge is 0.660 e. The van der Waals surface area contributed by atoms with Crippen molar-refractivity contribution in [3.05, 3.63) is 86.3 Å². The molecule has 40 heavy (non-hydrogen) atoms. The molecule has 2 saturated heterocycles. The van der Waals surface area contributed by atoms with Crippen molar-refractivity contribution in [2.75, 3.05) is 26.2 Å². The molecule has 1 aromatic carbocycles. The van der Waals surface area contributed by atoms with Gasteiger partial charge in [-0.3, -0.25) is 14.4 Å². The average Bonchev–Trinajstić information content (AvgIpc) is 3.58. The Morgan fingerprint density at radius 2 is 1.98 bits per heavy atom. The number of pyridine rings is 1. The van der Waals surface area contributed by atoms with E-state index in [-0.39, 0.29) is 55.8 Å². The molecule has 2 aliphatic heterocycles. The molecule has 213 valence electrons. The van der Waals surface area contributed by atoms with E-state index >= 15 is 0 Å². The van der Waals surface area contributed by atoms with Crippen molar-refractivity contribution in [3.8, 4) is 11.4 Å². The van der Waals surface area contributed by atoms with Gasteiger partial charge in [-0.05, 0) is 49.2 Å². The first-order valence-electron chi connectivity index (χ1n) is 13.8. The molecule has 1 aliphatic carbocycles. The summed E-state index contributed by atoms with van der Waals surface area (Å²) < 4.78 is 28.1. The first kappa shape index (κ1) is 31.1. The van der Waals surface area contributed by atoms with E-state index in [9.17, 15) is 13.6 Å². The Morgan fingerprint density at radius 1 is 1.18 bits per heavy atom. The van der Waals surface area contributed by atoms with Crippen LogP contribution in [0.15, 0.2) is 47.5 Å². The molecule has 2 aromatic heterocycles. The van der Waals surface area contributed by atoms with Gasteiger partial charge < -0.3 is 21.4 Å². The van der Waals surface area contributed by atoms with Crippen LogP contribution in [0.5, 0.6) is 0 Å². The maximum atomic E-state index is 13.4. The van der Waals surface area contributed by atoms with Gasteiger partial charge in [0.05, 0.1) is 5.69 Å². The number of halogens is 2. The third-order valence-electron chi connectivity index (χ3n) is 8.18. The molecule has 3 aliphatic rings. The number of hydrogen-bond acceptors (Lipinski definition) is 4. The second-order valence-electron chi connectivity index (χ2n) is 10.9. The molecule has 3 aromatic rings. The molecule has 8 nitrogen and oxygen atoms in total. The number of aromatic amines is 1. The summed E-state index contributed by atoms with van der Waals surface area (Å²) in [6.45, 7) is 4.11. The summed E-state index contributed by atoms with van der Waals surface area (Å²) >= 11 is 0. The average molecular weight is 627 g/mol. The molecule has 11 heteroatoms. The number of rotatable bonds is 4. The second kappa shape index (κ2) is 13.9. The van der Waals surface area contributed by atoms with Gasteiger partial charge in [0.1, 0.15) is 17.3 Å². The van der Waals surface area contributed by atoms with Crippen molar-refractivity contribution in [3.63, 3.8) is 0 Å². The minimum Gasteiger partial charge on any atom is -0.660 e. The van der Waals surface area contributed by atoms with E-state index in [0.717, 1.165) is 55.1 Å². The van der Waals surface area contributed by atoms with Crippen LogP contribution in [0, 0.1) is 11.6 Å². The molecule has 0 bridgehead atoms. The standard InChI is InChI=1S/C18H24N5O.C11H13F2N2.Y/c1-22-8-4-15(21-22)16-10-17(24)14(11-20-16)12-23-9-7-19-13-18(23)5-2-3-6-18;12-7-1-2-10(13)9(5-7)11-6-8(14)3-4-15-11;/h4,8,10-11H,2-3,5-7,9,12-13H2,1H3,(H,20,24);1-2,5,8,11H,3-4,6,14H2;/q2*-1;. The van der Waals surface area contributed by atoms with Crippen LogP contribution in [0.4, 0.5) is 8.78 Å². The van der Waals surface area contributed by atoms with Gasteiger partial charge >= 0.3 is 0 Å². The quantitative estimate of drug-likeness (QED) is 0.435. The van der Waals surface area contributed by atoms with Crippen LogP contribution in [0.1, 0.15) is 55.7 Å². The topological polar surface area (TPSA) is 108 Å². The van der Waals surface area contributed by atoms with Crippen molar-refractivity contribution >= 4 is 0 Å². The van der Waals surface area contributed by atoms with Crippen LogP contribution >= 0.6 is 0 Å². The zero-order valence-electron chi connectivity index (χ0n) is 23.0. The minimum atomic E-state index is -0.430. The molecule has 0 amide bonds. The summed E-state index contributed by atoms with van der Waals surface area (Å²) in [5.74, 6) is -0.833. The van der Waals surface area contributed by atoms with Gasteiger partial charge in [0.25, 0.3) is 0 Å². The number of aryl methyl sites for hydroxylation is 1. The van der Waals surface area contributed by atoms with Gasteiger partial charge in [-0.1, -0.05) is 25.7 Å². The number of aromatic nitrogens is 3. The Morgan fingerprint density at radius 3 is 2.67 bits per heavy atom. The smallest absolute Gasteiger partial charge is 0.186 e. The number of piperazine rings is 1. The van der Waals surface area contributed by atoms with Gasteiger partial charge in [0.2, 0.25) is 0 Å². The SMILES string of the molecule is Cn1ccc(-c2cc(=O)c(CN3CC[N-]CC34CCCC4)c[nH]2)n1.NC1CC[N-]C(c2cc(F)ccc2F)C1.[Y]. The van der Waals surface area contributed by atoms with E-state index in [2.05, 4.69) is 25.6 Å². The molecular formula is C29H37F2N7OY-2. The molecule has 3 fully saturated rings. The van der Waals surface area contributed by atoms with Crippen LogP contribution in [0.25, 0.3) is 22.0 Å². The van der Waals surface area contributed by atoms with Crippen molar-refractivity contribution < 1.29 is 41.5 Å². The normalized spacial score (nSPS) is 22.4. The summed E-state index contributed by atoms with van der Waals surface area (Å²) in [5.41, 5.74) is 8.79. The van der Waals surface area contributed by atoms with Crippen molar-refractivity contribution in [1.29, 1.82) is 0 Å². The van der Waals surface area contributed by atoms with Crippen molar-refractivity contribution in [2.45, 2.75) is 62.7 Å². The molecule has 6 rings (SSSR count). The molecule has 2 unspecified atom stereocenters. The summed E-state index contributed by atoms with van der Waals surface area (Å²) in [7, 11) is 1.87. The van der Waals surface area contributed by atoms with E-state index in [0.29, 0.717) is 25.1 Å². The molecule has 1 radical (unpaired) electrons. The van der Waals surface area contributed by atoms with Crippen LogP contribution in [0.3, 0.4) is 0 Å². The van der Waals surface area contributed by atoms with Crippen LogP contribution in [-0.2, 0) is 46.3 Å². The summed E-state index contributed by atoms with van der Waals surface area (Å²) in [6.07, 6.45) is 10.1. The first-order chi connectivity index (χ1) is 18.8. The van der Waals surface area contributed by atoms with E-state index < -0.39 is 11.6 Å². The Labute approximate surface area is 259 Å². The Hall–Kier alpha value is -1.82. The fourth-order valence-corrected chi connectivity index (χ4v) is 5.98. The number of nitrogens with two attached hydrogens (primary N) is 1. The first-order valence-corrected chi connectivity index (χ1v) is 13.8. The molecule has 1 saturated carbocycles. The van der Waals surface area contributed by atoms with E-state index in [1.54, 1.807) is 10.7 Å². The third kappa shape index (κ3) is 7.33. The van der Waals surface area contributed by atoms with Crippen LogP contribution in [0.2, 0.25) is 0 Å². The Kier molecular flexibility index (Phi) is 10.8. The Bertz CT molecular complexity index is 1320. The summed E-state index contributed by atoms with van der Waals surface area (Å²) in [4.78, 5) is 18.3. The predicted octanol–water partition coefficient (Wildman–Crippen LogP) is 4.78. The fourth-order valence-electron chi connectivity index (χ4n) is 5.98. The van der Waals surface area contributed by atoms with Crippen LogP contribution < -0.4 is 11.2 Å². The van der Waals surface area contributed by atoms with Gasteiger partial charge in [0, 0.05) is 81.9 Å². The molecule has 2 atom stereocenters. The van der Waals surface area contributed by atoms with Gasteiger partial charge in [0.15, 0.2) is 5.43 Å². The zero-order valence-corrected chi connectivity index (χ0v) is 25.9. The molecule has 1 spiro atoms. The van der Waals surface area contributed by atoms with Gasteiger partial charge in [-0.15, -0.1) is 25.7 Å². The van der Waals surface area contributed by atoms with Crippen LogP contribution in [-0.4, -0.2) is 57.4 Å². The number of nitrogens with one attached hydrogen (secondary N) is 1. The van der Waals surface area contributed by atoms with Crippen molar-refractivity contribution in [1.82, 2.24) is 19.7 Å². The second-order valence-corrected chi connectivity index (χ2v) is 10.9. The van der Waals surface area contributed by atoms with Gasteiger partial charge in [-0.25, -0.2) is 8.78 Å². The zero-order chi connectivity index (χ0) is 27.4. The van der Waals surface area contributed by atoms with E-state index in [1.807, 2.05) is 25.5 Å². The molecule has 3 N–H and O–H groups in total. The fraction of sp³-hybridized carbons (Fsp3) is 0.517. The van der Waals surface area contributed by atoms with E-state index in [4.69, 9.17) is 5.73 Å². The number of nitrogens with zero attached hydrogens (tertiary/aromatic N) is 5. The summed E-state index contributed by atoms with van der Waals surface area (Å²) in [5, 5.41) is 13.3. The maximum Gasteiger partial charge on any atom is 0.186 e. The van der Waals surface area contributed by atoms with Gasteiger partial charge in [-0.2, -0.15) is 5.10 Å². The number of H-pyrrole nitrogens is 1. The molecule has 4 heterocycles. The van der Waals surface area contributed by atoms with E-state index in [1.165, 1.54) is 31.7 Å². The maximum absolute atomic E-state index is 13.4. The van der Waals surface area contributed by atoms with Crippen molar-refractivity contribution in [2.24, 2.45) is 12.8 Å². The third-order valence-corrected chi connectivity index (χ3v) is 8.18. The number of hydrogen-bond donors (Lipinski definition) is 2. The monoisotopic (exact) mass is 626 g/mol. The number of benzene rings is 1. The Balaban J connectivity index is 0.000000200.